The van der Waals surface area contributed by atoms with Crippen molar-refractivity contribution >= 4 is 27.5 Å². The Balaban J connectivity index is 1.99. The van der Waals surface area contributed by atoms with Gasteiger partial charge in [0.05, 0.1) is 10.9 Å². The number of carbonyl (C=O) groups is 1. The maximum absolute atomic E-state index is 12.6. The molecular formula is C16H22ClN3O3S. The molecule has 2 rings (SSSR count). The van der Waals surface area contributed by atoms with Crippen LogP contribution in [-0.4, -0.2) is 62.3 Å². The lowest BCUT2D eigenvalue weighted by Gasteiger charge is -2.36. The molecule has 0 bridgehead atoms. The number of nitrogens with zero attached hydrogens (tertiary/aromatic N) is 2. The fourth-order valence-corrected chi connectivity index (χ4v) is 4.32. The zero-order valence-electron chi connectivity index (χ0n) is 13.6. The summed E-state index contributed by atoms with van der Waals surface area (Å²) in [7, 11) is -3.56. The third-order valence-corrected chi connectivity index (χ3v) is 6.18. The Labute approximate surface area is 148 Å². The number of piperazine rings is 1. The van der Waals surface area contributed by atoms with Crippen LogP contribution in [0.3, 0.4) is 0 Å². The first kappa shape index (κ1) is 18.9. The van der Waals surface area contributed by atoms with E-state index >= 15 is 0 Å². The van der Waals surface area contributed by atoms with Gasteiger partial charge in [-0.1, -0.05) is 23.7 Å². The number of hydrogen-bond donors (Lipinski definition) is 1. The van der Waals surface area contributed by atoms with Crippen molar-refractivity contribution in [2.75, 3.05) is 32.7 Å². The molecule has 0 unspecified atom stereocenters. The van der Waals surface area contributed by atoms with Gasteiger partial charge in [-0.15, -0.1) is 6.58 Å². The van der Waals surface area contributed by atoms with Gasteiger partial charge in [0.25, 0.3) is 0 Å². The van der Waals surface area contributed by atoms with Crippen LogP contribution in [-0.2, 0) is 14.8 Å². The molecule has 1 saturated heterocycles. The topological polar surface area (TPSA) is 69.7 Å². The van der Waals surface area contributed by atoms with Crippen LogP contribution in [0.15, 0.2) is 41.8 Å². The second-order valence-electron chi connectivity index (χ2n) is 5.61. The lowest BCUT2D eigenvalue weighted by atomic mass is 10.2. The van der Waals surface area contributed by atoms with Crippen LogP contribution < -0.4 is 5.32 Å². The molecule has 0 aromatic heterocycles. The van der Waals surface area contributed by atoms with Gasteiger partial charge in [0.2, 0.25) is 15.9 Å². The van der Waals surface area contributed by atoms with Crippen LogP contribution >= 0.6 is 11.6 Å². The van der Waals surface area contributed by atoms with Crippen molar-refractivity contribution in [2.24, 2.45) is 0 Å². The molecule has 8 heteroatoms. The molecule has 24 heavy (non-hydrogen) atoms. The first-order chi connectivity index (χ1) is 11.4. The molecular weight excluding hydrogens is 350 g/mol. The van der Waals surface area contributed by atoms with Gasteiger partial charge in [0.1, 0.15) is 0 Å². The van der Waals surface area contributed by atoms with E-state index in [0.717, 1.165) is 0 Å². The van der Waals surface area contributed by atoms with Crippen molar-refractivity contribution < 1.29 is 13.2 Å². The highest BCUT2D eigenvalue weighted by Crippen LogP contribution is 2.21. The minimum Gasteiger partial charge on any atom is -0.351 e. The summed E-state index contributed by atoms with van der Waals surface area (Å²) < 4.78 is 26.7. The Morgan fingerprint density at radius 3 is 2.62 bits per heavy atom. The Morgan fingerprint density at radius 2 is 2.04 bits per heavy atom. The molecule has 132 valence electrons. The van der Waals surface area contributed by atoms with Gasteiger partial charge in [-0.2, -0.15) is 4.31 Å². The predicted molar refractivity (Wildman–Crippen MR) is 94.5 cm³/mol. The Bertz CT molecular complexity index is 700. The van der Waals surface area contributed by atoms with Gasteiger partial charge in [0, 0.05) is 37.7 Å². The van der Waals surface area contributed by atoms with E-state index in [-0.39, 0.29) is 16.8 Å². The molecule has 0 radical (unpaired) electrons. The van der Waals surface area contributed by atoms with Crippen LogP contribution in [0, 0.1) is 0 Å². The molecule has 1 atom stereocenters. The number of hydrogen-bond acceptors (Lipinski definition) is 4. The van der Waals surface area contributed by atoms with Gasteiger partial charge in [-0.05, 0) is 25.1 Å². The van der Waals surface area contributed by atoms with Crippen molar-refractivity contribution in [2.45, 2.75) is 17.9 Å². The summed E-state index contributed by atoms with van der Waals surface area (Å²) >= 11 is 5.89. The lowest BCUT2D eigenvalue weighted by molar-refractivity contribution is -0.126. The molecule has 1 N–H and O–H groups in total. The second kappa shape index (κ2) is 8.11. The summed E-state index contributed by atoms with van der Waals surface area (Å²) in [5, 5.41) is 3.15. The number of benzene rings is 1. The van der Waals surface area contributed by atoms with Crippen molar-refractivity contribution in [3.05, 3.63) is 41.9 Å². The van der Waals surface area contributed by atoms with Crippen molar-refractivity contribution in [3.8, 4) is 0 Å². The highest BCUT2D eigenvalue weighted by Gasteiger charge is 2.31. The smallest absolute Gasteiger partial charge is 0.243 e. The molecule has 1 aliphatic heterocycles. The minimum atomic E-state index is -3.56. The summed E-state index contributed by atoms with van der Waals surface area (Å²) in [6, 6.07) is 5.95. The second-order valence-corrected chi connectivity index (χ2v) is 7.98. The Morgan fingerprint density at radius 1 is 1.38 bits per heavy atom. The van der Waals surface area contributed by atoms with Crippen molar-refractivity contribution in [3.63, 3.8) is 0 Å². The van der Waals surface area contributed by atoms with Gasteiger partial charge < -0.3 is 5.32 Å². The van der Waals surface area contributed by atoms with E-state index in [4.69, 9.17) is 11.6 Å². The van der Waals surface area contributed by atoms with E-state index in [9.17, 15) is 13.2 Å². The fraction of sp³-hybridized carbons (Fsp3) is 0.438. The standard InChI is InChI=1S/C16H22ClN3O3S/c1-3-7-18-16(21)13(2)19-8-10-20(11-9-19)24(22,23)15-6-4-5-14(17)12-15/h3-6,12-13H,1,7-11H2,2H3,(H,18,21)/t13-/m0/s1. The highest BCUT2D eigenvalue weighted by atomic mass is 35.5. The maximum Gasteiger partial charge on any atom is 0.243 e. The third-order valence-electron chi connectivity index (χ3n) is 4.05. The van der Waals surface area contributed by atoms with Crippen molar-refractivity contribution in [1.29, 1.82) is 0 Å². The van der Waals surface area contributed by atoms with Gasteiger partial charge in [0.15, 0.2) is 0 Å². The van der Waals surface area contributed by atoms with Gasteiger partial charge in [-0.25, -0.2) is 8.42 Å². The molecule has 1 fully saturated rings. The number of sulfonamides is 1. The normalized spacial score (nSPS) is 18.1. The van der Waals surface area contributed by atoms with E-state index in [0.29, 0.717) is 37.7 Å². The number of nitrogens with one attached hydrogen (secondary N) is 1. The number of halogens is 1. The molecule has 0 spiro atoms. The Hall–Kier alpha value is -1.41. The maximum atomic E-state index is 12.6. The van der Waals surface area contributed by atoms with E-state index in [1.54, 1.807) is 24.3 Å². The Kier molecular flexibility index (Phi) is 6.40. The quantitative estimate of drug-likeness (QED) is 0.766. The van der Waals surface area contributed by atoms with Crippen LogP contribution in [0.2, 0.25) is 5.02 Å². The SMILES string of the molecule is C=CCNC(=O)[C@H](C)N1CCN(S(=O)(=O)c2cccc(Cl)c2)CC1. The summed E-state index contributed by atoms with van der Waals surface area (Å²) in [5.74, 6) is -0.0824. The van der Waals surface area contributed by atoms with Gasteiger partial charge >= 0.3 is 0 Å². The van der Waals surface area contributed by atoms with Crippen LogP contribution in [0.4, 0.5) is 0 Å². The number of rotatable bonds is 6. The third kappa shape index (κ3) is 4.36. The average molecular weight is 372 g/mol. The van der Waals surface area contributed by atoms with Crippen LogP contribution in [0.1, 0.15) is 6.92 Å². The first-order valence-corrected chi connectivity index (χ1v) is 9.56. The van der Waals surface area contributed by atoms with E-state index in [1.807, 2.05) is 11.8 Å². The average Bonchev–Trinajstić information content (AvgIpc) is 2.59. The molecule has 6 nitrogen and oxygen atoms in total. The first-order valence-electron chi connectivity index (χ1n) is 7.74. The largest absolute Gasteiger partial charge is 0.351 e. The summed E-state index contributed by atoms with van der Waals surface area (Å²) in [5.41, 5.74) is 0. The lowest BCUT2D eigenvalue weighted by Crippen LogP contribution is -2.54. The summed E-state index contributed by atoms with van der Waals surface area (Å²) in [4.78, 5) is 14.2. The minimum absolute atomic E-state index is 0.0824. The monoisotopic (exact) mass is 371 g/mol. The molecule has 1 aliphatic rings. The molecule has 1 aromatic rings. The molecule has 1 heterocycles. The van der Waals surface area contributed by atoms with E-state index in [1.165, 1.54) is 10.4 Å². The van der Waals surface area contributed by atoms with Crippen molar-refractivity contribution in [1.82, 2.24) is 14.5 Å². The molecule has 1 amide bonds. The van der Waals surface area contributed by atoms with E-state index in [2.05, 4.69) is 11.9 Å². The zero-order chi connectivity index (χ0) is 17.7. The number of amides is 1. The van der Waals surface area contributed by atoms with Gasteiger partial charge in [-0.3, -0.25) is 9.69 Å². The van der Waals surface area contributed by atoms with Crippen LogP contribution in [0.25, 0.3) is 0 Å². The number of carbonyl (C=O) groups excluding carboxylic acids is 1. The highest BCUT2D eigenvalue weighted by molar-refractivity contribution is 7.89. The molecule has 0 aliphatic carbocycles. The van der Waals surface area contributed by atoms with E-state index < -0.39 is 10.0 Å². The molecule has 1 aromatic carbocycles. The predicted octanol–water partition coefficient (Wildman–Crippen LogP) is 1.34. The fourth-order valence-electron chi connectivity index (χ4n) is 2.59. The summed E-state index contributed by atoms with van der Waals surface area (Å²) in [6.45, 7) is 7.49. The van der Waals surface area contributed by atoms with Crippen LogP contribution in [0.5, 0.6) is 0 Å². The summed E-state index contributed by atoms with van der Waals surface area (Å²) in [6.07, 6.45) is 1.63. The molecule has 0 saturated carbocycles. The zero-order valence-corrected chi connectivity index (χ0v) is 15.2.